The van der Waals surface area contributed by atoms with Gasteiger partial charge in [0.1, 0.15) is 10.1 Å². The van der Waals surface area contributed by atoms with Crippen LogP contribution in [-0.2, 0) is 10.1 Å². The van der Waals surface area contributed by atoms with E-state index in [-0.39, 0.29) is 36.0 Å². The van der Waals surface area contributed by atoms with E-state index in [9.17, 15) is 18.1 Å². The first-order valence-electron chi connectivity index (χ1n) is 3.56. The van der Waals surface area contributed by atoms with Gasteiger partial charge in [0.05, 0.1) is 0 Å². The summed E-state index contributed by atoms with van der Waals surface area (Å²) in [4.78, 5) is -1.99. The smallest absolute Gasteiger partial charge is 0.746 e. The summed E-state index contributed by atoms with van der Waals surface area (Å²) >= 11 is 0. The van der Waals surface area contributed by atoms with E-state index in [4.69, 9.17) is 0 Å². The topological polar surface area (TPSA) is 77.4 Å². The van der Waals surface area contributed by atoms with Crippen LogP contribution in [0.5, 0.6) is 0 Å². The molecule has 66 valence electrons. The summed E-state index contributed by atoms with van der Waals surface area (Å²) < 4.78 is 31.7. The molecule has 1 fully saturated rings. The second-order valence-corrected chi connectivity index (χ2v) is 4.71. The van der Waals surface area contributed by atoms with E-state index in [0.29, 0.717) is 12.8 Å². The Morgan fingerprint density at radius 2 is 2.08 bits per heavy atom. The summed E-state index contributed by atoms with van der Waals surface area (Å²) in [6.07, 6.45) is 1.30. The zero-order valence-electron chi connectivity index (χ0n) is 7.28. The molecule has 0 radical (unpaired) electrons. The maximum absolute atomic E-state index is 10.6. The first-order chi connectivity index (χ1) is 4.88. The Bertz CT molecular complexity index is 250. The first-order valence-corrected chi connectivity index (χ1v) is 4.96. The minimum absolute atomic E-state index is 0. The fourth-order valence-corrected chi connectivity index (χ4v) is 2.51. The van der Waals surface area contributed by atoms with Crippen molar-refractivity contribution in [3.8, 4) is 0 Å². The van der Waals surface area contributed by atoms with Gasteiger partial charge in [0.25, 0.3) is 0 Å². The molecule has 0 amide bonds. The van der Waals surface area contributed by atoms with E-state index in [1.54, 1.807) is 6.92 Å². The number of aliphatic hydroxyl groups is 1. The molecule has 1 saturated carbocycles. The summed E-state index contributed by atoms with van der Waals surface area (Å²) in [5.74, 6) is -0.426. The van der Waals surface area contributed by atoms with E-state index in [1.807, 2.05) is 0 Å². The molecule has 0 bridgehead atoms. The predicted octanol–water partition coefficient (Wildman–Crippen LogP) is -2.96. The molecular weight excluding hydrogens is 191 g/mol. The Hall–Kier alpha value is 0.870. The van der Waals surface area contributed by atoms with Crippen molar-refractivity contribution < 1.29 is 47.6 Å². The van der Waals surface area contributed by atoms with Gasteiger partial charge in [0.2, 0.25) is 0 Å². The Balaban J connectivity index is 0.00000121. The molecule has 0 spiro atoms. The van der Waals surface area contributed by atoms with Crippen LogP contribution in [0.4, 0.5) is 0 Å². The van der Waals surface area contributed by atoms with Crippen molar-refractivity contribution in [1.82, 2.24) is 0 Å². The molecule has 0 aromatic rings. The normalized spacial score (nSPS) is 36.1. The third-order valence-electron chi connectivity index (χ3n) is 2.38. The molecule has 1 N–H and O–H groups in total. The van der Waals surface area contributed by atoms with Gasteiger partial charge in [-0.1, -0.05) is 6.92 Å². The summed E-state index contributed by atoms with van der Waals surface area (Å²) in [6, 6.07) is 0. The van der Waals surface area contributed by atoms with Gasteiger partial charge in [0.15, 0.2) is 4.93 Å². The van der Waals surface area contributed by atoms with Crippen LogP contribution in [0.15, 0.2) is 0 Å². The monoisotopic (exact) mass is 202 g/mol. The Morgan fingerprint density at radius 3 is 2.25 bits per heavy atom. The molecule has 0 aliphatic heterocycles. The van der Waals surface area contributed by atoms with Crippen molar-refractivity contribution in [2.75, 3.05) is 0 Å². The van der Waals surface area contributed by atoms with Crippen LogP contribution in [0.2, 0.25) is 0 Å². The molecular formula is C6H11NaO4S. The van der Waals surface area contributed by atoms with E-state index < -0.39 is 21.0 Å². The molecule has 1 rings (SSSR count). The van der Waals surface area contributed by atoms with Crippen LogP contribution < -0.4 is 29.6 Å². The minimum Gasteiger partial charge on any atom is -0.746 e. The molecule has 0 aromatic carbocycles. The van der Waals surface area contributed by atoms with Crippen molar-refractivity contribution in [3.05, 3.63) is 0 Å². The van der Waals surface area contributed by atoms with Gasteiger partial charge in [-0.05, 0) is 25.2 Å². The Morgan fingerprint density at radius 1 is 1.58 bits per heavy atom. The average molecular weight is 202 g/mol. The number of rotatable bonds is 1. The van der Waals surface area contributed by atoms with Gasteiger partial charge in [-0.15, -0.1) is 0 Å². The molecule has 1 aliphatic carbocycles. The molecule has 0 aromatic heterocycles. The molecule has 4 nitrogen and oxygen atoms in total. The molecule has 6 heteroatoms. The van der Waals surface area contributed by atoms with Crippen LogP contribution in [0.1, 0.15) is 26.2 Å². The van der Waals surface area contributed by atoms with Crippen molar-refractivity contribution in [2.45, 2.75) is 31.1 Å². The molecule has 12 heavy (non-hydrogen) atoms. The van der Waals surface area contributed by atoms with Crippen LogP contribution in [0, 0.1) is 5.92 Å². The molecule has 0 saturated heterocycles. The van der Waals surface area contributed by atoms with E-state index >= 15 is 0 Å². The molecule has 0 heterocycles. The summed E-state index contributed by atoms with van der Waals surface area (Å²) in [6.45, 7) is 1.59. The fourth-order valence-electron chi connectivity index (χ4n) is 1.50. The number of hydrogen-bond acceptors (Lipinski definition) is 4. The molecule has 2 unspecified atom stereocenters. The van der Waals surface area contributed by atoms with Gasteiger partial charge in [0, 0.05) is 0 Å². The predicted molar refractivity (Wildman–Crippen MR) is 37.7 cm³/mol. The minimum atomic E-state index is -4.55. The molecule has 1 aliphatic rings. The Kier molecular flexibility index (Phi) is 4.22. The van der Waals surface area contributed by atoms with Crippen LogP contribution in [0.25, 0.3) is 0 Å². The van der Waals surface area contributed by atoms with Crippen LogP contribution >= 0.6 is 0 Å². The largest absolute Gasteiger partial charge is 1.00 e. The summed E-state index contributed by atoms with van der Waals surface area (Å²) in [7, 11) is -4.55. The van der Waals surface area contributed by atoms with Crippen LogP contribution in [0.3, 0.4) is 0 Å². The van der Waals surface area contributed by atoms with Crippen molar-refractivity contribution in [1.29, 1.82) is 0 Å². The van der Waals surface area contributed by atoms with E-state index in [1.165, 1.54) is 0 Å². The second kappa shape index (κ2) is 3.94. The zero-order valence-corrected chi connectivity index (χ0v) is 10.1. The van der Waals surface area contributed by atoms with Gasteiger partial charge < -0.3 is 9.66 Å². The van der Waals surface area contributed by atoms with Gasteiger partial charge >= 0.3 is 29.6 Å². The number of hydrogen-bond donors (Lipinski definition) is 1. The van der Waals surface area contributed by atoms with Crippen molar-refractivity contribution in [3.63, 3.8) is 0 Å². The van der Waals surface area contributed by atoms with Gasteiger partial charge in [-0.3, -0.25) is 0 Å². The zero-order chi connectivity index (χ0) is 8.70. The van der Waals surface area contributed by atoms with Gasteiger partial charge in [-0.2, -0.15) is 0 Å². The third-order valence-corrected chi connectivity index (χ3v) is 3.85. The fraction of sp³-hybridized carbons (Fsp3) is 1.00. The second-order valence-electron chi connectivity index (χ2n) is 3.09. The average Bonchev–Trinajstić information content (AvgIpc) is 2.12. The SMILES string of the molecule is CC1CCCC1(O)S(=O)(=O)[O-].[Na+]. The van der Waals surface area contributed by atoms with Crippen molar-refractivity contribution in [2.24, 2.45) is 5.92 Å². The quantitative estimate of drug-likeness (QED) is 0.364. The Labute approximate surface area is 94.4 Å². The maximum Gasteiger partial charge on any atom is 1.00 e. The summed E-state index contributed by atoms with van der Waals surface area (Å²) in [5.41, 5.74) is 0. The summed E-state index contributed by atoms with van der Waals surface area (Å²) in [5, 5.41) is 9.40. The van der Waals surface area contributed by atoms with E-state index in [2.05, 4.69) is 0 Å². The third kappa shape index (κ3) is 2.02. The van der Waals surface area contributed by atoms with Crippen molar-refractivity contribution >= 4 is 10.1 Å². The van der Waals surface area contributed by atoms with Gasteiger partial charge in [-0.25, -0.2) is 8.42 Å². The standard InChI is InChI=1S/C6H12O4S.Na/c1-5-3-2-4-6(5,7)11(8,9)10;/h5,7H,2-4H2,1H3,(H,8,9,10);/q;+1/p-1. The van der Waals surface area contributed by atoms with E-state index in [0.717, 1.165) is 0 Å². The molecule has 2 atom stereocenters. The first kappa shape index (κ1) is 12.9. The van der Waals surface area contributed by atoms with Crippen LogP contribution in [-0.4, -0.2) is 23.0 Å². The maximum atomic E-state index is 10.6.